The van der Waals surface area contributed by atoms with Crippen molar-refractivity contribution in [3.63, 3.8) is 0 Å². The summed E-state index contributed by atoms with van der Waals surface area (Å²) >= 11 is 0. The Morgan fingerprint density at radius 3 is 2.27 bits per heavy atom. The van der Waals surface area contributed by atoms with E-state index >= 15 is 0 Å². The van der Waals surface area contributed by atoms with Gasteiger partial charge >= 0.3 is 0 Å². The van der Waals surface area contributed by atoms with Gasteiger partial charge in [-0.05, 0) is 56.4 Å². The average molecular weight is 399 g/mol. The molecule has 1 aliphatic rings. The normalized spacial score (nSPS) is 14.9. The molecule has 152 valence electrons. The second kappa shape index (κ2) is 7.80. The van der Waals surface area contributed by atoms with Crippen molar-refractivity contribution in [2.75, 3.05) is 43.4 Å². The Kier molecular flexibility index (Phi) is 4.85. The highest BCUT2D eigenvalue weighted by Gasteiger charge is 2.14. The smallest absolute Gasteiger partial charge is 0.229 e. The molecular formula is C24H26N6. The molecule has 5 rings (SSSR count). The third-order valence-corrected chi connectivity index (χ3v) is 5.73. The van der Waals surface area contributed by atoms with E-state index in [1.165, 1.54) is 11.3 Å². The maximum absolute atomic E-state index is 4.77. The van der Waals surface area contributed by atoms with Gasteiger partial charge in [0.25, 0.3) is 0 Å². The fraction of sp³-hybridized carbons (Fsp3) is 0.250. The quantitative estimate of drug-likeness (QED) is 0.558. The van der Waals surface area contributed by atoms with E-state index < -0.39 is 0 Å². The number of aryl methyl sites for hydroxylation is 1. The summed E-state index contributed by atoms with van der Waals surface area (Å²) in [6.45, 7) is 6.44. The topological polar surface area (TPSA) is 49.2 Å². The minimum absolute atomic E-state index is 0.599. The summed E-state index contributed by atoms with van der Waals surface area (Å²) in [5.74, 6) is 0.599. The van der Waals surface area contributed by atoms with E-state index in [1.54, 1.807) is 0 Å². The van der Waals surface area contributed by atoms with E-state index in [2.05, 4.69) is 87.2 Å². The Hall–Kier alpha value is -3.38. The lowest BCUT2D eigenvalue weighted by molar-refractivity contribution is 0.313. The molecule has 0 atom stereocenters. The van der Waals surface area contributed by atoms with Crippen molar-refractivity contribution in [3.05, 3.63) is 72.6 Å². The molecule has 6 heteroatoms. The average Bonchev–Trinajstić information content (AvgIpc) is 3.19. The van der Waals surface area contributed by atoms with Gasteiger partial charge in [0.2, 0.25) is 5.95 Å². The summed E-state index contributed by atoms with van der Waals surface area (Å²) in [5, 5.41) is 4.37. The molecule has 0 bridgehead atoms. The highest BCUT2D eigenvalue weighted by Crippen LogP contribution is 2.23. The number of hydrogen-bond donors (Lipinski definition) is 1. The lowest BCUT2D eigenvalue weighted by atomic mass is 10.2. The van der Waals surface area contributed by atoms with Crippen molar-refractivity contribution in [2.24, 2.45) is 0 Å². The van der Waals surface area contributed by atoms with Crippen LogP contribution in [-0.2, 0) is 0 Å². The lowest BCUT2D eigenvalue weighted by Gasteiger charge is -2.34. The Morgan fingerprint density at radius 2 is 1.53 bits per heavy atom. The zero-order valence-electron chi connectivity index (χ0n) is 17.4. The largest absolute Gasteiger partial charge is 0.369 e. The van der Waals surface area contributed by atoms with E-state index in [4.69, 9.17) is 4.98 Å². The van der Waals surface area contributed by atoms with Gasteiger partial charge in [0, 0.05) is 61.0 Å². The molecule has 4 aromatic rings. The van der Waals surface area contributed by atoms with Crippen LogP contribution in [0.5, 0.6) is 0 Å². The first-order chi connectivity index (χ1) is 14.7. The van der Waals surface area contributed by atoms with Gasteiger partial charge in [0.05, 0.1) is 0 Å². The van der Waals surface area contributed by atoms with Crippen molar-refractivity contribution in [1.82, 2.24) is 19.4 Å². The fourth-order valence-corrected chi connectivity index (χ4v) is 3.84. The van der Waals surface area contributed by atoms with Crippen LogP contribution < -0.4 is 10.2 Å². The molecule has 1 saturated heterocycles. The minimum atomic E-state index is 0.599. The molecular weight excluding hydrogens is 372 g/mol. The van der Waals surface area contributed by atoms with Crippen LogP contribution in [0, 0.1) is 6.92 Å². The number of rotatable bonds is 4. The second-order valence-electron chi connectivity index (χ2n) is 7.96. The maximum atomic E-state index is 4.77. The van der Waals surface area contributed by atoms with Crippen LogP contribution in [0.25, 0.3) is 16.7 Å². The fourth-order valence-electron chi connectivity index (χ4n) is 3.84. The Morgan fingerprint density at radius 1 is 0.833 bits per heavy atom. The van der Waals surface area contributed by atoms with E-state index in [-0.39, 0.29) is 0 Å². The van der Waals surface area contributed by atoms with Gasteiger partial charge in [-0.2, -0.15) is 4.98 Å². The Bertz CT molecular complexity index is 1140. The van der Waals surface area contributed by atoms with Gasteiger partial charge in [-0.15, -0.1) is 0 Å². The number of aromatic nitrogens is 3. The van der Waals surface area contributed by atoms with E-state index in [1.807, 2.05) is 18.5 Å². The van der Waals surface area contributed by atoms with Gasteiger partial charge in [0.15, 0.2) is 0 Å². The first kappa shape index (κ1) is 18.6. The lowest BCUT2D eigenvalue weighted by Crippen LogP contribution is -2.44. The number of anilines is 3. The third-order valence-electron chi connectivity index (χ3n) is 5.73. The number of hydrogen-bond acceptors (Lipinski definition) is 5. The molecule has 2 aromatic carbocycles. The second-order valence-corrected chi connectivity index (χ2v) is 7.96. The first-order valence-electron chi connectivity index (χ1n) is 10.4. The van der Waals surface area contributed by atoms with Gasteiger partial charge in [0.1, 0.15) is 5.65 Å². The molecule has 0 radical (unpaired) electrons. The van der Waals surface area contributed by atoms with Gasteiger partial charge in [-0.1, -0.05) is 17.7 Å². The zero-order chi connectivity index (χ0) is 20.5. The van der Waals surface area contributed by atoms with Crippen molar-refractivity contribution in [2.45, 2.75) is 6.92 Å². The Labute approximate surface area is 176 Å². The van der Waals surface area contributed by atoms with E-state index in [0.29, 0.717) is 5.95 Å². The predicted octanol–water partition coefficient (Wildman–Crippen LogP) is 4.22. The molecule has 1 N–H and O–H groups in total. The van der Waals surface area contributed by atoms with Crippen LogP contribution in [-0.4, -0.2) is 52.7 Å². The van der Waals surface area contributed by atoms with E-state index in [9.17, 15) is 0 Å². The summed E-state index contributed by atoms with van der Waals surface area (Å²) in [4.78, 5) is 14.1. The molecule has 30 heavy (non-hydrogen) atoms. The van der Waals surface area contributed by atoms with Crippen molar-refractivity contribution >= 4 is 28.4 Å². The summed E-state index contributed by atoms with van der Waals surface area (Å²) < 4.78 is 2.10. The molecule has 1 aliphatic heterocycles. The summed E-state index contributed by atoms with van der Waals surface area (Å²) in [6.07, 6.45) is 3.91. The molecule has 0 amide bonds. The number of likely N-dealkylation sites (N-methyl/N-ethyl adjacent to an activating group) is 1. The minimum Gasteiger partial charge on any atom is -0.369 e. The molecule has 6 nitrogen and oxygen atoms in total. The molecule has 0 saturated carbocycles. The standard InChI is InChI=1S/C24H26N6/c1-18-3-7-22(8-4-18)30-12-11-19-17-25-24(27-23(19)30)26-20-5-9-21(10-6-20)29-15-13-28(2)14-16-29/h3-12,17H,13-16H2,1-2H3,(H,25,26,27). The highest BCUT2D eigenvalue weighted by atomic mass is 15.2. The number of fused-ring (bicyclic) bond motifs is 1. The van der Waals surface area contributed by atoms with Gasteiger partial charge in [-0.25, -0.2) is 4.98 Å². The van der Waals surface area contributed by atoms with Crippen molar-refractivity contribution in [1.29, 1.82) is 0 Å². The molecule has 0 aliphatic carbocycles. The van der Waals surface area contributed by atoms with E-state index in [0.717, 1.165) is 48.6 Å². The maximum Gasteiger partial charge on any atom is 0.229 e. The number of nitrogens with one attached hydrogen (secondary N) is 1. The number of piperazine rings is 1. The summed E-state index contributed by atoms with van der Waals surface area (Å²) in [6, 6.07) is 19.0. The summed E-state index contributed by atoms with van der Waals surface area (Å²) in [7, 11) is 2.18. The van der Waals surface area contributed by atoms with Crippen LogP contribution in [0.15, 0.2) is 67.0 Å². The Balaban J connectivity index is 1.36. The zero-order valence-corrected chi connectivity index (χ0v) is 17.4. The van der Waals surface area contributed by atoms with Crippen LogP contribution in [0.2, 0.25) is 0 Å². The van der Waals surface area contributed by atoms with Crippen LogP contribution in [0.3, 0.4) is 0 Å². The number of benzene rings is 2. The first-order valence-corrected chi connectivity index (χ1v) is 10.4. The molecule has 0 unspecified atom stereocenters. The van der Waals surface area contributed by atoms with Gasteiger partial charge < -0.3 is 19.7 Å². The molecule has 3 heterocycles. The summed E-state index contributed by atoms with van der Waals surface area (Å²) in [5.41, 5.74) is 5.48. The van der Waals surface area contributed by atoms with Crippen LogP contribution in [0.1, 0.15) is 5.56 Å². The predicted molar refractivity (Wildman–Crippen MR) is 123 cm³/mol. The third kappa shape index (κ3) is 3.74. The van der Waals surface area contributed by atoms with Crippen molar-refractivity contribution in [3.8, 4) is 5.69 Å². The SMILES string of the molecule is Cc1ccc(-n2ccc3cnc(Nc4ccc(N5CCN(C)CC5)cc4)nc32)cc1. The molecule has 2 aromatic heterocycles. The molecule has 1 fully saturated rings. The van der Waals surface area contributed by atoms with Crippen LogP contribution >= 0.6 is 0 Å². The van der Waals surface area contributed by atoms with Crippen LogP contribution in [0.4, 0.5) is 17.3 Å². The molecule has 0 spiro atoms. The van der Waals surface area contributed by atoms with Crippen molar-refractivity contribution < 1.29 is 0 Å². The monoisotopic (exact) mass is 398 g/mol. The number of nitrogens with zero attached hydrogens (tertiary/aromatic N) is 5. The van der Waals surface area contributed by atoms with Gasteiger partial charge in [-0.3, -0.25) is 0 Å². The highest BCUT2D eigenvalue weighted by molar-refractivity contribution is 5.78.